The summed E-state index contributed by atoms with van der Waals surface area (Å²) in [5.41, 5.74) is 11.6. The lowest BCUT2D eigenvalue weighted by atomic mass is 9.99. The first-order chi connectivity index (χ1) is 20.6. The summed E-state index contributed by atoms with van der Waals surface area (Å²) < 4.78 is 4.74. The molecule has 0 unspecified atom stereocenters. The largest absolute Gasteiger partial charge is 0.309 e. The zero-order valence-electron chi connectivity index (χ0n) is 24.0. The standard InChI is InChI=1S/C40H32N2/c1-5-12-30(13-6-2)41-37-18-9-8-15-34(37)36-26-29(22-25-39(36)41)32-16-11-17-35-33-14-7-10-19-38(33)42(40(32)35)31-23-20-28(21-24-31)27(3)4/h5-26H,1,3H2,2,4H3. The molecule has 42 heavy (non-hydrogen) atoms. The Hall–Kier alpha value is -5.34. The summed E-state index contributed by atoms with van der Waals surface area (Å²) in [5.74, 6) is 0. The van der Waals surface area contributed by atoms with Gasteiger partial charge in [0.15, 0.2) is 0 Å². The van der Waals surface area contributed by atoms with Crippen molar-refractivity contribution >= 4 is 54.9 Å². The Labute approximate surface area is 246 Å². The monoisotopic (exact) mass is 540 g/mol. The third kappa shape index (κ3) is 3.95. The third-order valence-corrected chi connectivity index (χ3v) is 8.18. The van der Waals surface area contributed by atoms with Gasteiger partial charge in [-0.2, -0.15) is 0 Å². The van der Waals surface area contributed by atoms with Gasteiger partial charge in [0.05, 0.1) is 22.1 Å². The van der Waals surface area contributed by atoms with E-state index in [9.17, 15) is 0 Å². The maximum absolute atomic E-state index is 4.13. The van der Waals surface area contributed by atoms with E-state index in [1.54, 1.807) is 0 Å². The molecule has 0 saturated heterocycles. The molecule has 2 heterocycles. The maximum atomic E-state index is 4.13. The molecule has 0 atom stereocenters. The highest BCUT2D eigenvalue weighted by molar-refractivity contribution is 6.16. The summed E-state index contributed by atoms with van der Waals surface area (Å²) in [6, 6.07) is 39.7. The number of benzene rings is 5. The molecule has 2 nitrogen and oxygen atoms in total. The fourth-order valence-electron chi connectivity index (χ4n) is 6.33. The van der Waals surface area contributed by atoms with Gasteiger partial charge in [-0.1, -0.05) is 104 Å². The molecule has 0 radical (unpaired) electrons. The van der Waals surface area contributed by atoms with Gasteiger partial charge < -0.3 is 9.13 Å². The van der Waals surface area contributed by atoms with Crippen LogP contribution in [-0.4, -0.2) is 9.13 Å². The first-order valence-corrected chi connectivity index (χ1v) is 14.4. The predicted octanol–water partition coefficient (Wildman–Crippen LogP) is 11.2. The Morgan fingerprint density at radius 3 is 2.07 bits per heavy atom. The number of nitrogens with zero attached hydrogens (tertiary/aromatic N) is 2. The highest BCUT2D eigenvalue weighted by Crippen LogP contribution is 2.40. The molecule has 202 valence electrons. The van der Waals surface area contributed by atoms with E-state index in [4.69, 9.17) is 0 Å². The van der Waals surface area contributed by atoms with Crippen molar-refractivity contribution in [1.82, 2.24) is 9.13 Å². The van der Waals surface area contributed by atoms with Gasteiger partial charge in [-0.25, -0.2) is 0 Å². The second-order valence-electron chi connectivity index (χ2n) is 10.8. The van der Waals surface area contributed by atoms with Crippen molar-refractivity contribution < 1.29 is 0 Å². The Balaban J connectivity index is 1.53. The van der Waals surface area contributed by atoms with Gasteiger partial charge in [-0.15, -0.1) is 0 Å². The predicted molar refractivity (Wildman–Crippen MR) is 183 cm³/mol. The van der Waals surface area contributed by atoms with Crippen LogP contribution in [0.1, 0.15) is 19.4 Å². The van der Waals surface area contributed by atoms with Crippen LogP contribution in [0.2, 0.25) is 0 Å². The van der Waals surface area contributed by atoms with E-state index < -0.39 is 0 Å². The number of para-hydroxylation sites is 3. The van der Waals surface area contributed by atoms with E-state index in [-0.39, 0.29) is 0 Å². The highest BCUT2D eigenvalue weighted by atomic mass is 15.0. The van der Waals surface area contributed by atoms with Crippen molar-refractivity contribution in [3.63, 3.8) is 0 Å². The van der Waals surface area contributed by atoms with Crippen LogP contribution in [0.5, 0.6) is 0 Å². The van der Waals surface area contributed by atoms with E-state index in [2.05, 4.69) is 164 Å². The average Bonchev–Trinajstić information content (AvgIpc) is 3.54. The summed E-state index contributed by atoms with van der Waals surface area (Å²) in [4.78, 5) is 0. The molecule has 7 aromatic rings. The maximum Gasteiger partial charge on any atom is 0.0619 e. The minimum Gasteiger partial charge on any atom is -0.309 e. The number of rotatable bonds is 6. The second-order valence-corrected chi connectivity index (χ2v) is 10.8. The fraction of sp³-hybridized carbons (Fsp3) is 0.0500. The van der Waals surface area contributed by atoms with Gasteiger partial charge in [-0.05, 0) is 73.5 Å². The minimum absolute atomic E-state index is 1.07. The number of allylic oxidation sites excluding steroid dienone is 6. The van der Waals surface area contributed by atoms with E-state index >= 15 is 0 Å². The molecule has 2 aromatic heterocycles. The molecule has 0 aliphatic heterocycles. The Bertz CT molecular complexity index is 2230. The SMILES string of the molecule is C=CC=C(C=CC)n1c2ccccc2c2cc(-c3cccc4c5ccccc5n(-c5ccc(C(=C)C)cc5)c34)ccc21. The lowest BCUT2D eigenvalue weighted by Crippen LogP contribution is -1.96. The summed E-state index contributed by atoms with van der Waals surface area (Å²) in [5, 5.41) is 4.96. The number of hydrogen-bond donors (Lipinski definition) is 0. The summed E-state index contributed by atoms with van der Waals surface area (Å²) >= 11 is 0. The molecule has 0 aliphatic rings. The summed E-state index contributed by atoms with van der Waals surface area (Å²) in [6.07, 6.45) is 8.14. The van der Waals surface area contributed by atoms with Gasteiger partial charge in [0, 0.05) is 38.5 Å². The van der Waals surface area contributed by atoms with Crippen molar-refractivity contribution in [2.45, 2.75) is 13.8 Å². The number of fused-ring (bicyclic) bond motifs is 6. The van der Waals surface area contributed by atoms with Crippen molar-refractivity contribution in [3.05, 3.63) is 152 Å². The Kier molecular flexibility index (Phi) is 6.25. The van der Waals surface area contributed by atoms with Gasteiger partial charge >= 0.3 is 0 Å². The Morgan fingerprint density at radius 1 is 0.690 bits per heavy atom. The minimum atomic E-state index is 1.07. The van der Waals surface area contributed by atoms with Crippen LogP contribution in [0.4, 0.5) is 0 Å². The Morgan fingerprint density at radius 2 is 1.36 bits per heavy atom. The average molecular weight is 541 g/mol. The molecule has 7 rings (SSSR count). The van der Waals surface area contributed by atoms with Crippen molar-refractivity contribution in [2.75, 3.05) is 0 Å². The fourth-order valence-corrected chi connectivity index (χ4v) is 6.33. The number of hydrogen-bond acceptors (Lipinski definition) is 0. The van der Waals surface area contributed by atoms with Crippen LogP contribution < -0.4 is 0 Å². The summed E-state index contributed by atoms with van der Waals surface area (Å²) in [6.45, 7) is 12.2. The molecule has 0 N–H and O–H groups in total. The smallest absolute Gasteiger partial charge is 0.0619 e. The van der Waals surface area contributed by atoms with E-state index in [1.165, 1.54) is 54.7 Å². The molecule has 0 fully saturated rings. The normalized spacial score (nSPS) is 12.3. The lowest BCUT2D eigenvalue weighted by Gasteiger charge is -2.13. The summed E-state index contributed by atoms with van der Waals surface area (Å²) in [7, 11) is 0. The van der Waals surface area contributed by atoms with Crippen LogP contribution in [0.25, 0.3) is 71.7 Å². The third-order valence-electron chi connectivity index (χ3n) is 8.18. The van der Waals surface area contributed by atoms with Gasteiger partial charge in [0.1, 0.15) is 0 Å². The van der Waals surface area contributed by atoms with E-state index in [1.807, 2.05) is 6.08 Å². The highest BCUT2D eigenvalue weighted by Gasteiger charge is 2.18. The van der Waals surface area contributed by atoms with Gasteiger partial charge in [0.2, 0.25) is 0 Å². The molecule has 0 bridgehead atoms. The van der Waals surface area contributed by atoms with Crippen LogP contribution in [-0.2, 0) is 0 Å². The molecular weight excluding hydrogens is 508 g/mol. The molecule has 0 aliphatic carbocycles. The molecule has 5 aromatic carbocycles. The lowest BCUT2D eigenvalue weighted by molar-refractivity contribution is 1.18. The first-order valence-electron chi connectivity index (χ1n) is 14.4. The van der Waals surface area contributed by atoms with Crippen molar-refractivity contribution in [3.8, 4) is 16.8 Å². The molecule has 0 saturated carbocycles. The zero-order chi connectivity index (χ0) is 28.8. The molecular formula is C40H32N2. The van der Waals surface area contributed by atoms with Crippen LogP contribution in [0, 0.1) is 0 Å². The second kappa shape index (κ2) is 10.2. The van der Waals surface area contributed by atoms with Crippen LogP contribution >= 0.6 is 0 Å². The molecule has 0 amide bonds. The van der Waals surface area contributed by atoms with Gasteiger partial charge in [-0.3, -0.25) is 0 Å². The topological polar surface area (TPSA) is 9.86 Å². The number of aromatic nitrogens is 2. The van der Waals surface area contributed by atoms with Gasteiger partial charge in [0.25, 0.3) is 0 Å². The zero-order valence-corrected chi connectivity index (χ0v) is 24.0. The van der Waals surface area contributed by atoms with E-state index in [0.29, 0.717) is 0 Å². The quantitative estimate of drug-likeness (QED) is 0.186. The van der Waals surface area contributed by atoms with Crippen LogP contribution in [0.15, 0.2) is 147 Å². The van der Waals surface area contributed by atoms with Crippen LogP contribution in [0.3, 0.4) is 0 Å². The van der Waals surface area contributed by atoms with Crippen molar-refractivity contribution in [1.29, 1.82) is 0 Å². The molecule has 0 spiro atoms. The van der Waals surface area contributed by atoms with Crippen molar-refractivity contribution in [2.24, 2.45) is 0 Å². The first kappa shape index (κ1) is 25.6. The molecule has 2 heteroatoms. The van der Waals surface area contributed by atoms with E-state index in [0.717, 1.165) is 22.5 Å².